The van der Waals surface area contributed by atoms with Gasteiger partial charge in [-0.25, -0.2) is 0 Å². The Morgan fingerprint density at radius 1 is 1.12 bits per heavy atom. The lowest BCUT2D eigenvalue weighted by molar-refractivity contribution is -0.140. The number of rotatable bonds is 7. The molecule has 5 atom stereocenters. The van der Waals surface area contributed by atoms with Crippen molar-refractivity contribution < 1.29 is 19.1 Å². The van der Waals surface area contributed by atoms with Gasteiger partial charge < -0.3 is 9.64 Å². The summed E-state index contributed by atoms with van der Waals surface area (Å²) in [7, 11) is 1.75. The molecule has 0 unspecified atom stereocenters. The van der Waals surface area contributed by atoms with Gasteiger partial charge in [0.2, 0.25) is 5.91 Å². The van der Waals surface area contributed by atoms with Crippen LogP contribution in [0.15, 0.2) is 24.3 Å². The van der Waals surface area contributed by atoms with Gasteiger partial charge in [-0.1, -0.05) is 24.6 Å². The standard InChI is InChI=1S/C25H31N3O4/c1-15(29)25-19-8-3-4-9-20(19)27(26-25)14-24(31)28-21-12-17(21)13-22(28)23(30)11-16-6-5-7-18(10-16)32-2/h3-4,8-9,16-18,21-22H,5-7,10-14H2,1-2H3/t16-,17+,18+,21+,22-/m0/s1. The zero-order chi connectivity index (χ0) is 22.4. The maximum atomic E-state index is 13.4. The van der Waals surface area contributed by atoms with Crippen molar-refractivity contribution in [3.8, 4) is 0 Å². The number of ketones is 2. The van der Waals surface area contributed by atoms with Gasteiger partial charge in [-0.2, -0.15) is 5.10 Å². The van der Waals surface area contributed by atoms with E-state index in [1.165, 1.54) is 6.92 Å². The number of ether oxygens (including phenoxy) is 1. The van der Waals surface area contributed by atoms with Crippen LogP contribution in [0.2, 0.25) is 0 Å². The summed E-state index contributed by atoms with van der Waals surface area (Å²) in [4.78, 5) is 40.5. The third-order valence-corrected chi connectivity index (χ3v) is 7.60. The number of nitrogens with zero attached hydrogens (tertiary/aromatic N) is 3. The van der Waals surface area contributed by atoms with Crippen molar-refractivity contribution in [2.45, 2.75) is 76.6 Å². The average molecular weight is 438 g/mol. The fourth-order valence-corrected chi connectivity index (χ4v) is 5.88. The Kier molecular flexibility index (Phi) is 5.61. The lowest BCUT2D eigenvalue weighted by Crippen LogP contribution is -2.45. The summed E-state index contributed by atoms with van der Waals surface area (Å²) >= 11 is 0. The van der Waals surface area contributed by atoms with Crippen LogP contribution in [0.3, 0.4) is 0 Å². The van der Waals surface area contributed by atoms with Gasteiger partial charge >= 0.3 is 0 Å². The Bertz CT molecular complexity index is 1060. The van der Waals surface area contributed by atoms with E-state index in [4.69, 9.17) is 4.74 Å². The minimum Gasteiger partial charge on any atom is -0.381 e. The molecule has 1 aromatic carbocycles. The topological polar surface area (TPSA) is 81.5 Å². The van der Waals surface area contributed by atoms with Gasteiger partial charge in [0.1, 0.15) is 12.2 Å². The third kappa shape index (κ3) is 3.87. The van der Waals surface area contributed by atoms with Gasteiger partial charge in [0.05, 0.1) is 17.7 Å². The second-order valence-corrected chi connectivity index (χ2v) is 9.76. The number of hydrogen-bond acceptors (Lipinski definition) is 5. The number of methoxy groups -OCH3 is 1. The van der Waals surface area contributed by atoms with Crippen LogP contribution < -0.4 is 0 Å². The first-order chi connectivity index (χ1) is 15.5. The normalized spacial score (nSPS) is 29.2. The molecule has 1 saturated heterocycles. The van der Waals surface area contributed by atoms with E-state index in [1.54, 1.807) is 11.8 Å². The molecule has 1 amide bonds. The zero-order valence-corrected chi connectivity index (χ0v) is 18.8. The van der Waals surface area contributed by atoms with E-state index < -0.39 is 0 Å². The minimum absolute atomic E-state index is 0.0516. The summed E-state index contributed by atoms with van der Waals surface area (Å²) in [5.41, 5.74) is 1.16. The monoisotopic (exact) mass is 437 g/mol. The first-order valence-electron chi connectivity index (χ1n) is 11.8. The summed E-state index contributed by atoms with van der Waals surface area (Å²) in [6.07, 6.45) is 6.72. The first-order valence-corrected chi connectivity index (χ1v) is 11.8. The quantitative estimate of drug-likeness (QED) is 0.620. The Morgan fingerprint density at radius 2 is 1.94 bits per heavy atom. The van der Waals surface area contributed by atoms with Crippen molar-refractivity contribution in [3.05, 3.63) is 30.0 Å². The molecule has 1 aromatic heterocycles. The summed E-state index contributed by atoms with van der Waals surface area (Å²) in [6.45, 7) is 1.54. The summed E-state index contributed by atoms with van der Waals surface area (Å²) in [5.74, 6) is 0.805. The maximum absolute atomic E-state index is 13.4. The number of benzene rings is 1. The summed E-state index contributed by atoms with van der Waals surface area (Å²) < 4.78 is 7.14. The predicted octanol–water partition coefficient (Wildman–Crippen LogP) is 3.39. The van der Waals surface area contributed by atoms with Gasteiger partial charge in [-0.05, 0) is 50.0 Å². The van der Waals surface area contributed by atoms with Gasteiger partial charge in [0.15, 0.2) is 11.6 Å². The van der Waals surface area contributed by atoms with Crippen LogP contribution in [0.25, 0.3) is 10.9 Å². The molecule has 2 aromatic rings. The van der Waals surface area contributed by atoms with Crippen LogP contribution in [-0.2, 0) is 20.9 Å². The largest absolute Gasteiger partial charge is 0.381 e. The van der Waals surface area contributed by atoms with Gasteiger partial charge in [0, 0.05) is 31.9 Å². The number of fused-ring (bicyclic) bond motifs is 2. The summed E-state index contributed by atoms with van der Waals surface area (Å²) in [6, 6.07) is 7.35. The SMILES string of the molecule is CO[C@@H]1CCC[C@H](CC(=O)[C@@H]2C[C@H]3C[C@H]3N2C(=O)Cn2nc(C(C)=O)c3ccccc32)C1. The molecule has 1 aliphatic heterocycles. The number of carbonyl (C=O) groups is 3. The Labute approximate surface area is 188 Å². The van der Waals surface area contributed by atoms with Crippen molar-refractivity contribution in [3.63, 3.8) is 0 Å². The van der Waals surface area contributed by atoms with Gasteiger partial charge in [0.25, 0.3) is 0 Å². The lowest BCUT2D eigenvalue weighted by atomic mass is 9.82. The molecule has 0 radical (unpaired) electrons. The molecule has 5 rings (SSSR count). The molecular weight excluding hydrogens is 406 g/mol. The molecule has 32 heavy (non-hydrogen) atoms. The third-order valence-electron chi connectivity index (χ3n) is 7.60. The lowest BCUT2D eigenvalue weighted by Gasteiger charge is -2.31. The molecule has 2 aliphatic carbocycles. The molecule has 2 saturated carbocycles. The van der Waals surface area contributed by atoms with Crippen LogP contribution in [0.5, 0.6) is 0 Å². The van der Waals surface area contributed by atoms with Crippen LogP contribution in [0, 0.1) is 11.8 Å². The number of aromatic nitrogens is 2. The molecule has 7 heteroatoms. The number of Topliss-reactive ketones (excluding diaryl/α,β-unsaturated/α-hetero) is 2. The summed E-state index contributed by atoms with van der Waals surface area (Å²) in [5, 5.41) is 5.20. The number of hydrogen-bond donors (Lipinski definition) is 0. The maximum Gasteiger partial charge on any atom is 0.245 e. The molecule has 7 nitrogen and oxygen atoms in total. The van der Waals surface area contributed by atoms with E-state index >= 15 is 0 Å². The molecule has 0 spiro atoms. The molecule has 0 bridgehead atoms. The van der Waals surface area contributed by atoms with Crippen molar-refractivity contribution in [1.29, 1.82) is 0 Å². The van der Waals surface area contributed by atoms with E-state index in [9.17, 15) is 14.4 Å². The molecule has 3 fully saturated rings. The zero-order valence-electron chi connectivity index (χ0n) is 18.8. The van der Waals surface area contributed by atoms with Crippen LogP contribution in [0.4, 0.5) is 0 Å². The fraction of sp³-hybridized carbons (Fsp3) is 0.600. The molecule has 0 N–H and O–H groups in total. The van der Waals surface area contributed by atoms with E-state index in [0.717, 1.165) is 49.4 Å². The van der Waals surface area contributed by atoms with Crippen LogP contribution in [0.1, 0.15) is 62.4 Å². The highest BCUT2D eigenvalue weighted by Crippen LogP contribution is 2.48. The molecule has 170 valence electrons. The number of para-hydroxylation sites is 1. The second kappa shape index (κ2) is 8.43. The van der Waals surface area contributed by atoms with Crippen LogP contribution in [-0.4, -0.2) is 57.5 Å². The Morgan fingerprint density at radius 3 is 2.72 bits per heavy atom. The number of carbonyl (C=O) groups excluding carboxylic acids is 3. The van der Waals surface area contributed by atoms with E-state index in [1.807, 2.05) is 29.2 Å². The Balaban J connectivity index is 1.32. The highest BCUT2D eigenvalue weighted by atomic mass is 16.5. The van der Waals surface area contributed by atoms with Gasteiger partial charge in [-0.3, -0.25) is 19.1 Å². The fourth-order valence-electron chi connectivity index (χ4n) is 5.88. The minimum atomic E-state index is -0.316. The molecular formula is C25H31N3O4. The molecule has 3 aliphatic rings. The second-order valence-electron chi connectivity index (χ2n) is 9.76. The average Bonchev–Trinajstić information content (AvgIpc) is 3.29. The Hall–Kier alpha value is -2.54. The van der Waals surface area contributed by atoms with Crippen LogP contribution >= 0.6 is 0 Å². The predicted molar refractivity (Wildman–Crippen MR) is 119 cm³/mol. The molecule has 2 heterocycles. The van der Waals surface area contributed by atoms with E-state index in [2.05, 4.69) is 5.10 Å². The van der Waals surface area contributed by atoms with Crippen molar-refractivity contribution in [2.75, 3.05) is 7.11 Å². The van der Waals surface area contributed by atoms with Crippen molar-refractivity contribution in [1.82, 2.24) is 14.7 Å². The van der Waals surface area contributed by atoms with E-state index in [0.29, 0.717) is 24.0 Å². The number of likely N-dealkylation sites (tertiary alicyclic amines) is 1. The highest BCUT2D eigenvalue weighted by molar-refractivity contribution is 6.05. The van der Waals surface area contributed by atoms with Gasteiger partial charge in [-0.15, -0.1) is 0 Å². The number of amides is 1. The smallest absolute Gasteiger partial charge is 0.245 e. The van der Waals surface area contributed by atoms with Crippen molar-refractivity contribution >= 4 is 28.4 Å². The first kappa shape index (κ1) is 21.3. The number of piperidine rings is 1. The van der Waals surface area contributed by atoms with Crippen molar-refractivity contribution in [2.24, 2.45) is 11.8 Å². The highest BCUT2D eigenvalue weighted by Gasteiger charge is 2.55. The van der Waals surface area contributed by atoms with E-state index in [-0.39, 0.29) is 42.2 Å².